The molecule has 1 aromatic heterocycles. The van der Waals surface area contributed by atoms with Crippen LogP contribution in [0, 0.1) is 5.82 Å². The highest BCUT2D eigenvalue weighted by Gasteiger charge is 2.27. The number of halogens is 1. The molecule has 0 fully saturated rings. The largest absolute Gasteiger partial charge is 0.452 e. The van der Waals surface area contributed by atoms with E-state index >= 15 is 0 Å². The van der Waals surface area contributed by atoms with Crippen LogP contribution < -0.4 is 4.74 Å². The molecule has 0 spiro atoms. The first-order valence-electron chi connectivity index (χ1n) is 6.78. The van der Waals surface area contributed by atoms with Crippen LogP contribution in [0.4, 0.5) is 4.39 Å². The van der Waals surface area contributed by atoms with Gasteiger partial charge in [0.2, 0.25) is 5.78 Å². The molecule has 0 saturated carbocycles. The van der Waals surface area contributed by atoms with Gasteiger partial charge in [-0.3, -0.25) is 9.78 Å². The van der Waals surface area contributed by atoms with Gasteiger partial charge in [0.15, 0.2) is 5.76 Å². The van der Waals surface area contributed by atoms with Gasteiger partial charge >= 0.3 is 0 Å². The molecule has 2 aromatic carbocycles. The summed E-state index contributed by atoms with van der Waals surface area (Å²) in [5.41, 5.74) is 1.10. The molecule has 0 unspecified atom stereocenters. The number of hydrogen-bond acceptors (Lipinski definition) is 3. The van der Waals surface area contributed by atoms with Crippen LogP contribution in [0.3, 0.4) is 0 Å². The highest BCUT2D eigenvalue weighted by atomic mass is 19.1. The Bertz CT molecular complexity index is 947. The fraction of sp³-hybridized carbons (Fsp3) is 0. The Balaban J connectivity index is 1.75. The second-order valence-electron chi connectivity index (χ2n) is 5.06. The molecule has 1 aliphatic rings. The average Bonchev–Trinajstić information content (AvgIpc) is 2.83. The normalized spacial score (nSPS) is 15.1. The van der Waals surface area contributed by atoms with E-state index in [0.717, 1.165) is 16.3 Å². The zero-order valence-corrected chi connectivity index (χ0v) is 11.4. The van der Waals surface area contributed by atoms with Gasteiger partial charge in [-0.25, -0.2) is 4.39 Å². The maximum absolute atomic E-state index is 13.2. The van der Waals surface area contributed by atoms with Crippen LogP contribution in [0.1, 0.15) is 15.9 Å². The lowest BCUT2D eigenvalue weighted by Crippen LogP contribution is -1.98. The van der Waals surface area contributed by atoms with E-state index in [1.54, 1.807) is 18.5 Å². The van der Waals surface area contributed by atoms with Gasteiger partial charge in [0.05, 0.1) is 5.56 Å². The summed E-state index contributed by atoms with van der Waals surface area (Å²) < 4.78 is 18.8. The fourth-order valence-corrected chi connectivity index (χ4v) is 2.50. The molecule has 0 atom stereocenters. The van der Waals surface area contributed by atoms with E-state index in [-0.39, 0.29) is 17.1 Å². The molecule has 2 heterocycles. The maximum Gasteiger partial charge on any atom is 0.232 e. The van der Waals surface area contributed by atoms with Crippen LogP contribution >= 0.6 is 0 Å². The van der Waals surface area contributed by atoms with Crippen molar-refractivity contribution in [2.24, 2.45) is 0 Å². The van der Waals surface area contributed by atoms with Gasteiger partial charge in [-0.1, -0.05) is 12.1 Å². The molecule has 4 rings (SSSR count). The fourth-order valence-electron chi connectivity index (χ4n) is 2.50. The number of aromatic nitrogens is 1. The van der Waals surface area contributed by atoms with E-state index < -0.39 is 5.82 Å². The lowest BCUT2D eigenvalue weighted by Gasteiger charge is -2.01. The second-order valence-corrected chi connectivity index (χ2v) is 5.06. The summed E-state index contributed by atoms with van der Waals surface area (Å²) >= 11 is 0. The number of pyridine rings is 1. The van der Waals surface area contributed by atoms with Gasteiger partial charge in [-0.05, 0) is 47.4 Å². The topological polar surface area (TPSA) is 39.2 Å². The SMILES string of the molecule is O=C1/C(=C\c2ccc3cnccc3c2)Oc2ccc(F)cc21. The molecule has 0 N–H and O–H groups in total. The molecule has 106 valence electrons. The van der Waals surface area contributed by atoms with Crippen LogP contribution in [0.25, 0.3) is 16.8 Å². The van der Waals surface area contributed by atoms with Crippen molar-refractivity contribution < 1.29 is 13.9 Å². The predicted molar refractivity (Wildman–Crippen MR) is 81.1 cm³/mol. The van der Waals surface area contributed by atoms with Gasteiger partial charge in [-0.2, -0.15) is 0 Å². The Morgan fingerprint density at radius 1 is 1.05 bits per heavy atom. The van der Waals surface area contributed by atoms with E-state index in [1.165, 1.54) is 18.2 Å². The highest BCUT2D eigenvalue weighted by molar-refractivity contribution is 6.14. The number of carbonyl (C=O) groups excluding carboxylic acids is 1. The van der Waals surface area contributed by atoms with Crippen molar-refractivity contribution in [2.75, 3.05) is 0 Å². The third-order valence-electron chi connectivity index (χ3n) is 3.59. The number of carbonyl (C=O) groups is 1. The number of rotatable bonds is 1. The highest BCUT2D eigenvalue weighted by Crippen LogP contribution is 2.32. The first-order valence-corrected chi connectivity index (χ1v) is 6.78. The minimum Gasteiger partial charge on any atom is -0.452 e. The number of ketones is 1. The molecule has 1 aliphatic heterocycles. The lowest BCUT2D eigenvalue weighted by molar-refractivity contribution is 0.101. The standard InChI is InChI=1S/C18H10FNO2/c19-14-3-4-16-15(9-14)18(21)17(22-16)8-11-1-2-13-10-20-6-5-12(13)7-11/h1-10H/b17-8+. The number of Topliss-reactive ketones (excluding diaryl/α,β-unsaturated/α-hetero) is 1. The third-order valence-corrected chi connectivity index (χ3v) is 3.59. The Labute approximate surface area is 125 Å². The van der Waals surface area contributed by atoms with Crippen LogP contribution in [-0.4, -0.2) is 10.8 Å². The van der Waals surface area contributed by atoms with Crippen molar-refractivity contribution >= 4 is 22.6 Å². The quantitative estimate of drug-likeness (QED) is 0.636. The van der Waals surface area contributed by atoms with E-state index in [4.69, 9.17) is 4.74 Å². The van der Waals surface area contributed by atoms with Crippen LogP contribution in [0.5, 0.6) is 5.75 Å². The van der Waals surface area contributed by atoms with Gasteiger partial charge in [-0.15, -0.1) is 0 Å². The van der Waals surface area contributed by atoms with Crippen molar-refractivity contribution in [2.45, 2.75) is 0 Å². The van der Waals surface area contributed by atoms with Crippen molar-refractivity contribution in [3.8, 4) is 5.75 Å². The molecule has 4 heteroatoms. The Hall–Kier alpha value is -3.01. The van der Waals surface area contributed by atoms with Gasteiger partial charge in [0.25, 0.3) is 0 Å². The van der Waals surface area contributed by atoms with E-state index in [2.05, 4.69) is 4.98 Å². The summed E-state index contributed by atoms with van der Waals surface area (Å²) in [4.78, 5) is 16.3. The molecule has 0 amide bonds. The molecule has 0 bridgehead atoms. The Morgan fingerprint density at radius 2 is 1.95 bits per heavy atom. The number of allylic oxidation sites excluding steroid dienone is 1. The predicted octanol–water partition coefficient (Wildman–Crippen LogP) is 3.99. The molecule has 0 aliphatic carbocycles. The van der Waals surface area contributed by atoms with Crippen LogP contribution in [0.2, 0.25) is 0 Å². The summed E-state index contributed by atoms with van der Waals surface area (Å²) in [7, 11) is 0. The molecule has 3 nitrogen and oxygen atoms in total. The lowest BCUT2D eigenvalue weighted by atomic mass is 10.1. The first kappa shape index (κ1) is 12.7. The van der Waals surface area contributed by atoms with Gasteiger partial charge < -0.3 is 4.74 Å². The molecule has 22 heavy (non-hydrogen) atoms. The summed E-state index contributed by atoms with van der Waals surface area (Å²) in [6.45, 7) is 0. The number of hydrogen-bond donors (Lipinski definition) is 0. The molecule has 0 radical (unpaired) electrons. The number of ether oxygens (including phenoxy) is 1. The zero-order valence-electron chi connectivity index (χ0n) is 11.4. The smallest absolute Gasteiger partial charge is 0.232 e. The number of nitrogens with zero attached hydrogens (tertiary/aromatic N) is 1. The minimum atomic E-state index is -0.449. The van der Waals surface area contributed by atoms with Crippen molar-refractivity contribution in [1.82, 2.24) is 4.98 Å². The van der Waals surface area contributed by atoms with Gasteiger partial charge in [0, 0.05) is 17.8 Å². The van der Waals surface area contributed by atoms with Crippen LogP contribution in [-0.2, 0) is 0 Å². The number of benzene rings is 2. The van der Waals surface area contributed by atoms with Crippen molar-refractivity contribution in [3.63, 3.8) is 0 Å². The minimum absolute atomic E-state index is 0.203. The van der Waals surface area contributed by atoms with Crippen LogP contribution in [0.15, 0.2) is 60.6 Å². The van der Waals surface area contributed by atoms with E-state index in [1.807, 2.05) is 24.3 Å². The van der Waals surface area contributed by atoms with Crippen molar-refractivity contribution in [3.05, 3.63) is 77.6 Å². The molecule has 0 saturated heterocycles. The molecular formula is C18H10FNO2. The van der Waals surface area contributed by atoms with E-state index in [0.29, 0.717) is 5.75 Å². The second kappa shape index (κ2) is 4.77. The average molecular weight is 291 g/mol. The maximum atomic E-state index is 13.2. The van der Waals surface area contributed by atoms with Crippen molar-refractivity contribution in [1.29, 1.82) is 0 Å². The zero-order chi connectivity index (χ0) is 15.1. The summed E-state index contributed by atoms with van der Waals surface area (Å²) in [5.74, 6) is -0.156. The third kappa shape index (κ3) is 2.05. The molecular weight excluding hydrogens is 281 g/mol. The monoisotopic (exact) mass is 291 g/mol. The summed E-state index contributed by atoms with van der Waals surface area (Å²) in [5, 5.41) is 2.05. The summed E-state index contributed by atoms with van der Waals surface area (Å²) in [6, 6.07) is 11.6. The van der Waals surface area contributed by atoms with Gasteiger partial charge in [0.1, 0.15) is 11.6 Å². The first-order chi connectivity index (χ1) is 10.7. The summed E-state index contributed by atoms with van der Waals surface area (Å²) in [6.07, 6.45) is 5.16. The Kier molecular flexibility index (Phi) is 2.76. The number of fused-ring (bicyclic) bond motifs is 2. The molecule has 3 aromatic rings. The van der Waals surface area contributed by atoms with E-state index in [9.17, 15) is 9.18 Å². The Morgan fingerprint density at radius 3 is 2.86 bits per heavy atom.